The minimum Gasteiger partial charge on any atom is -0.444 e. The fourth-order valence-electron chi connectivity index (χ4n) is 1.96. The first-order valence-electron chi connectivity index (χ1n) is 6.58. The van der Waals surface area contributed by atoms with Crippen LogP contribution in [0.2, 0.25) is 0 Å². The number of hydrogen-bond acceptors (Lipinski definition) is 2. The molecule has 0 saturated carbocycles. The SMILES string of the molecule is Cc1ccccc1C=C1CN(C(=O)OC(C)(C)C)C1. The van der Waals surface area contributed by atoms with Crippen molar-refractivity contribution in [3.63, 3.8) is 0 Å². The second-order valence-electron chi connectivity index (χ2n) is 6.00. The molecule has 1 fully saturated rings. The molecule has 0 unspecified atom stereocenters. The zero-order valence-corrected chi connectivity index (χ0v) is 12.1. The van der Waals surface area contributed by atoms with Gasteiger partial charge in [0.2, 0.25) is 0 Å². The van der Waals surface area contributed by atoms with Crippen molar-refractivity contribution in [2.24, 2.45) is 0 Å². The highest BCUT2D eigenvalue weighted by Gasteiger charge is 2.29. The molecule has 1 heterocycles. The Balaban J connectivity index is 1.93. The molecule has 1 saturated heterocycles. The predicted octanol–water partition coefficient (Wildman–Crippen LogP) is 3.63. The maximum atomic E-state index is 11.8. The van der Waals surface area contributed by atoms with Crippen LogP contribution in [0.4, 0.5) is 4.79 Å². The molecule has 1 amide bonds. The number of carbonyl (C=O) groups is 1. The standard InChI is InChI=1S/C16H21NO2/c1-12-7-5-6-8-14(12)9-13-10-17(11-13)15(18)19-16(2,3)4/h5-9H,10-11H2,1-4H3. The number of likely N-dealkylation sites (tertiary alicyclic amines) is 1. The van der Waals surface area contributed by atoms with Gasteiger partial charge >= 0.3 is 6.09 Å². The Hall–Kier alpha value is -1.77. The van der Waals surface area contributed by atoms with E-state index in [2.05, 4.69) is 25.1 Å². The highest BCUT2D eigenvalue weighted by atomic mass is 16.6. The van der Waals surface area contributed by atoms with Crippen molar-refractivity contribution < 1.29 is 9.53 Å². The van der Waals surface area contributed by atoms with Crippen molar-refractivity contribution in [3.05, 3.63) is 41.0 Å². The molecule has 0 bridgehead atoms. The Labute approximate surface area is 114 Å². The maximum Gasteiger partial charge on any atom is 0.410 e. The molecule has 19 heavy (non-hydrogen) atoms. The van der Waals surface area contributed by atoms with E-state index in [4.69, 9.17) is 4.74 Å². The monoisotopic (exact) mass is 259 g/mol. The number of hydrogen-bond donors (Lipinski definition) is 0. The summed E-state index contributed by atoms with van der Waals surface area (Å²) in [4.78, 5) is 13.5. The highest BCUT2D eigenvalue weighted by molar-refractivity contribution is 5.72. The lowest BCUT2D eigenvalue weighted by molar-refractivity contribution is 0.0216. The van der Waals surface area contributed by atoms with Crippen molar-refractivity contribution in [1.82, 2.24) is 4.90 Å². The number of nitrogens with zero attached hydrogens (tertiary/aromatic N) is 1. The van der Waals surface area contributed by atoms with E-state index in [0.717, 1.165) is 0 Å². The van der Waals surface area contributed by atoms with Crippen molar-refractivity contribution in [2.75, 3.05) is 13.1 Å². The molecule has 1 aliphatic rings. The third kappa shape index (κ3) is 3.60. The lowest BCUT2D eigenvalue weighted by Crippen LogP contribution is -2.46. The van der Waals surface area contributed by atoms with Crippen LogP contribution in [0.1, 0.15) is 31.9 Å². The first-order valence-corrected chi connectivity index (χ1v) is 6.58. The van der Waals surface area contributed by atoms with Crippen molar-refractivity contribution in [3.8, 4) is 0 Å². The Morgan fingerprint density at radius 2 is 1.89 bits per heavy atom. The van der Waals surface area contributed by atoms with E-state index < -0.39 is 5.60 Å². The minimum atomic E-state index is -0.424. The number of carbonyl (C=O) groups excluding carboxylic acids is 1. The summed E-state index contributed by atoms with van der Waals surface area (Å²) >= 11 is 0. The van der Waals surface area contributed by atoms with Crippen LogP contribution in [-0.4, -0.2) is 29.7 Å². The van der Waals surface area contributed by atoms with Gasteiger partial charge in [-0.15, -0.1) is 0 Å². The van der Waals surface area contributed by atoms with Crippen LogP contribution in [0.5, 0.6) is 0 Å². The van der Waals surface area contributed by atoms with Gasteiger partial charge in [0.15, 0.2) is 0 Å². The molecule has 1 aliphatic heterocycles. The summed E-state index contributed by atoms with van der Waals surface area (Å²) < 4.78 is 5.32. The summed E-state index contributed by atoms with van der Waals surface area (Å²) in [6.07, 6.45) is 1.94. The van der Waals surface area contributed by atoms with Crippen LogP contribution in [-0.2, 0) is 4.74 Å². The van der Waals surface area contributed by atoms with Gasteiger partial charge in [0.1, 0.15) is 5.60 Å². The third-order valence-electron chi connectivity index (χ3n) is 2.99. The molecular weight excluding hydrogens is 238 g/mol. The van der Waals surface area contributed by atoms with Crippen LogP contribution >= 0.6 is 0 Å². The van der Waals surface area contributed by atoms with E-state index in [0.29, 0.717) is 13.1 Å². The summed E-state index contributed by atoms with van der Waals surface area (Å²) in [6.45, 7) is 9.08. The topological polar surface area (TPSA) is 29.5 Å². The lowest BCUT2D eigenvalue weighted by atomic mass is 10.0. The Morgan fingerprint density at radius 1 is 1.26 bits per heavy atom. The van der Waals surface area contributed by atoms with Gasteiger partial charge in [-0.05, 0) is 44.4 Å². The fourth-order valence-corrected chi connectivity index (χ4v) is 1.96. The van der Waals surface area contributed by atoms with Gasteiger partial charge in [-0.25, -0.2) is 4.79 Å². The van der Waals surface area contributed by atoms with Crippen molar-refractivity contribution in [2.45, 2.75) is 33.3 Å². The van der Waals surface area contributed by atoms with E-state index >= 15 is 0 Å². The van der Waals surface area contributed by atoms with E-state index in [1.165, 1.54) is 16.7 Å². The quantitative estimate of drug-likeness (QED) is 0.770. The molecule has 0 aliphatic carbocycles. The average molecular weight is 259 g/mol. The van der Waals surface area contributed by atoms with Crippen LogP contribution in [0, 0.1) is 6.92 Å². The zero-order chi connectivity index (χ0) is 14.0. The highest BCUT2D eigenvalue weighted by Crippen LogP contribution is 2.22. The van der Waals surface area contributed by atoms with E-state index in [-0.39, 0.29) is 6.09 Å². The van der Waals surface area contributed by atoms with Gasteiger partial charge in [0.05, 0.1) is 0 Å². The largest absolute Gasteiger partial charge is 0.444 e. The van der Waals surface area contributed by atoms with Crippen LogP contribution in [0.25, 0.3) is 6.08 Å². The van der Waals surface area contributed by atoms with E-state index in [1.54, 1.807) is 4.90 Å². The molecular formula is C16H21NO2. The molecule has 0 aromatic heterocycles. The summed E-state index contributed by atoms with van der Waals surface area (Å²) in [6, 6.07) is 8.25. The van der Waals surface area contributed by atoms with Gasteiger partial charge in [-0.3, -0.25) is 0 Å². The van der Waals surface area contributed by atoms with Gasteiger partial charge in [-0.2, -0.15) is 0 Å². The first kappa shape index (κ1) is 13.7. The smallest absolute Gasteiger partial charge is 0.410 e. The number of aryl methyl sites for hydroxylation is 1. The van der Waals surface area contributed by atoms with Crippen molar-refractivity contribution >= 4 is 12.2 Å². The molecule has 0 N–H and O–H groups in total. The molecule has 0 spiro atoms. The van der Waals surface area contributed by atoms with Gasteiger partial charge in [-0.1, -0.05) is 30.3 Å². The molecule has 102 valence electrons. The van der Waals surface area contributed by atoms with Gasteiger partial charge in [0.25, 0.3) is 0 Å². The third-order valence-corrected chi connectivity index (χ3v) is 2.99. The average Bonchev–Trinajstić information content (AvgIpc) is 2.22. The lowest BCUT2D eigenvalue weighted by Gasteiger charge is -2.35. The Kier molecular flexibility index (Phi) is 3.65. The zero-order valence-electron chi connectivity index (χ0n) is 12.1. The van der Waals surface area contributed by atoms with Crippen LogP contribution in [0.15, 0.2) is 29.8 Å². The maximum absolute atomic E-state index is 11.8. The molecule has 2 rings (SSSR count). The van der Waals surface area contributed by atoms with E-state index in [1.807, 2.05) is 32.9 Å². The second kappa shape index (κ2) is 5.08. The molecule has 0 radical (unpaired) electrons. The van der Waals surface area contributed by atoms with Crippen LogP contribution < -0.4 is 0 Å². The Morgan fingerprint density at radius 3 is 2.47 bits per heavy atom. The molecule has 3 heteroatoms. The minimum absolute atomic E-state index is 0.227. The number of amides is 1. The fraction of sp³-hybridized carbons (Fsp3) is 0.438. The van der Waals surface area contributed by atoms with E-state index in [9.17, 15) is 4.79 Å². The van der Waals surface area contributed by atoms with Crippen molar-refractivity contribution in [1.29, 1.82) is 0 Å². The number of benzene rings is 1. The number of ether oxygens (including phenoxy) is 1. The summed E-state index contributed by atoms with van der Waals surface area (Å²) in [5, 5.41) is 0. The molecule has 1 aromatic rings. The summed E-state index contributed by atoms with van der Waals surface area (Å²) in [5.74, 6) is 0. The van der Waals surface area contributed by atoms with Gasteiger partial charge < -0.3 is 9.64 Å². The second-order valence-corrected chi connectivity index (χ2v) is 6.00. The Bertz CT molecular complexity index is 504. The van der Waals surface area contributed by atoms with Gasteiger partial charge in [0, 0.05) is 13.1 Å². The normalized spacial score (nSPS) is 14.9. The first-order chi connectivity index (χ1) is 8.85. The number of rotatable bonds is 1. The summed E-state index contributed by atoms with van der Waals surface area (Å²) in [5.41, 5.74) is 3.32. The molecule has 3 nitrogen and oxygen atoms in total. The molecule has 1 aromatic carbocycles. The predicted molar refractivity (Wildman–Crippen MR) is 77.0 cm³/mol. The van der Waals surface area contributed by atoms with Crippen LogP contribution in [0.3, 0.4) is 0 Å². The molecule has 0 atom stereocenters. The summed E-state index contributed by atoms with van der Waals surface area (Å²) in [7, 11) is 0.